The minimum atomic E-state index is -0.249. The molecule has 0 amide bonds. The van der Waals surface area contributed by atoms with Crippen LogP contribution in [0.4, 0.5) is 15.9 Å². The zero-order valence-corrected chi connectivity index (χ0v) is 12.2. The SMILES string of the molecule is NCCCN(c1ccc(F)cc1)c1ncnc2ccsc12. The van der Waals surface area contributed by atoms with Crippen molar-refractivity contribution >= 4 is 33.1 Å². The molecule has 2 aromatic heterocycles. The van der Waals surface area contributed by atoms with Crippen LogP contribution in [0.3, 0.4) is 0 Å². The first-order chi connectivity index (χ1) is 10.3. The molecule has 0 atom stereocenters. The molecule has 0 aliphatic rings. The number of hydrogen-bond acceptors (Lipinski definition) is 5. The fourth-order valence-corrected chi connectivity index (χ4v) is 3.04. The number of fused-ring (bicyclic) bond motifs is 1. The Morgan fingerprint density at radius 3 is 2.71 bits per heavy atom. The number of nitrogens with zero attached hydrogens (tertiary/aromatic N) is 3. The number of thiophene rings is 1. The maximum atomic E-state index is 13.1. The van der Waals surface area contributed by atoms with E-state index in [0.717, 1.165) is 34.7 Å². The smallest absolute Gasteiger partial charge is 0.154 e. The van der Waals surface area contributed by atoms with E-state index in [1.54, 1.807) is 29.8 Å². The van der Waals surface area contributed by atoms with Crippen molar-refractivity contribution in [2.24, 2.45) is 5.73 Å². The van der Waals surface area contributed by atoms with Gasteiger partial charge in [0.1, 0.15) is 12.1 Å². The lowest BCUT2D eigenvalue weighted by atomic mass is 10.2. The van der Waals surface area contributed by atoms with Crippen LogP contribution in [0.2, 0.25) is 0 Å². The van der Waals surface area contributed by atoms with Crippen molar-refractivity contribution < 1.29 is 4.39 Å². The van der Waals surface area contributed by atoms with E-state index in [2.05, 4.69) is 14.9 Å². The van der Waals surface area contributed by atoms with Crippen LogP contribution >= 0.6 is 11.3 Å². The molecule has 0 spiro atoms. The highest BCUT2D eigenvalue weighted by Crippen LogP contribution is 2.32. The summed E-state index contributed by atoms with van der Waals surface area (Å²) in [6.07, 6.45) is 2.39. The molecule has 3 aromatic rings. The van der Waals surface area contributed by atoms with Crippen LogP contribution in [0, 0.1) is 5.82 Å². The Bertz CT molecular complexity index is 726. The lowest BCUT2D eigenvalue weighted by Gasteiger charge is -2.24. The summed E-state index contributed by atoms with van der Waals surface area (Å²) in [6.45, 7) is 1.32. The average molecular weight is 302 g/mol. The van der Waals surface area contributed by atoms with Crippen molar-refractivity contribution in [1.82, 2.24) is 9.97 Å². The minimum Gasteiger partial charge on any atom is -0.330 e. The van der Waals surface area contributed by atoms with Crippen LogP contribution in [0.15, 0.2) is 42.0 Å². The fraction of sp³-hybridized carbons (Fsp3) is 0.200. The van der Waals surface area contributed by atoms with Crippen LogP contribution in [0.1, 0.15) is 6.42 Å². The van der Waals surface area contributed by atoms with Gasteiger partial charge in [0.25, 0.3) is 0 Å². The van der Waals surface area contributed by atoms with Gasteiger partial charge in [0.05, 0.1) is 10.2 Å². The Balaban J connectivity index is 2.06. The predicted molar refractivity (Wildman–Crippen MR) is 84.5 cm³/mol. The number of benzene rings is 1. The molecule has 0 aliphatic carbocycles. The number of rotatable bonds is 5. The molecule has 4 nitrogen and oxygen atoms in total. The molecule has 2 N–H and O–H groups in total. The van der Waals surface area contributed by atoms with Gasteiger partial charge in [-0.2, -0.15) is 0 Å². The van der Waals surface area contributed by atoms with Gasteiger partial charge in [-0.25, -0.2) is 14.4 Å². The number of hydrogen-bond donors (Lipinski definition) is 1. The standard InChI is InChI=1S/C15H15FN4S/c16-11-2-4-12(5-3-11)20(8-1-7-17)15-14-13(6-9-21-14)18-10-19-15/h2-6,9-10H,1,7-8,17H2. The van der Waals surface area contributed by atoms with Crippen molar-refractivity contribution in [3.8, 4) is 0 Å². The molecule has 0 saturated carbocycles. The average Bonchev–Trinajstić information content (AvgIpc) is 2.98. The Morgan fingerprint density at radius 1 is 1.14 bits per heavy atom. The highest BCUT2D eigenvalue weighted by atomic mass is 32.1. The van der Waals surface area contributed by atoms with E-state index in [1.807, 2.05) is 11.4 Å². The Morgan fingerprint density at radius 2 is 1.95 bits per heavy atom. The molecule has 6 heteroatoms. The van der Waals surface area contributed by atoms with E-state index < -0.39 is 0 Å². The third kappa shape index (κ3) is 2.86. The molecular formula is C15H15FN4S. The number of anilines is 2. The third-order valence-corrected chi connectivity index (χ3v) is 4.10. The lowest BCUT2D eigenvalue weighted by Crippen LogP contribution is -2.22. The van der Waals surface area contributed by atoms with E-state index in [1.165, 1.54) is 12.1 Å². The van der Waals surface area contributed by atoms with E-state index in [-0.39, 0.29) is 5.82 Å². The minimum absolute atomic E-state index is 0.249. The second-order valence-electron chi connectivity index (χ2n) is 4.60. The van der Waals surface area contributed by atoms with Gasteiger partial charge in [0, 0.05) is 12.2 Å². The first kappa shape index (κ1) is 13.9. The van der Waals surface area contributed by atoms with Crippen molar-refractivity contribution in [2.75, 3.05) is 18.0 Å². The summed E-state index contributed by atoms with van der Waals surface area (Å²) in [5.74, 6) is 0.594. The number of halogens is 1. The van der Waals surface area contributed by atoms with Crippen molar-refractivity contribution in [3.05, 3.63) is 47.9 Å². The monoisotopic (exact) mass is 302 g/mol. The van der Waals surface area contributed by atoms with E-state index in [0.29, 0.717) is 6.54 Å². The van der Waals surface area contributed by atoms with Crippen LogP contribution in [0.5, 0.6) is 0 Å². The molecule has 0 aliphatic heterocycles. The molecule has 0 fully saturated rings. The molecule has 21 heavy (non-hydrogen) atoms. The van der Waals surface area contributed by atoms with E-state index in [9.17, 15) is 4.39 Å². The quantitative estimate of drug-likeness (QED) is 0.785. The maximum Gasteiger partial charge on any atom is 0.154 e. The van der Waals surface area contributed by atoms with Crippen molar-refractivity contribution in [1.29, 1.82) is 0 Å². The topological polar surface area (TPSA) is 55.0 Å². The zero-order chi connectivity index (χ0) is 14.7. The highest BCUT2D eigenvalue weighted by Gasteiger charge is 2.15. The van der Waals surface area contributed by atoms with Crippen LogP contribution in [-0.2, 0) is 0 Å². The largest absolute Gasteiger partial charge is 0.330 e. The van der Waals surface area contributed by atoms with Gasteiger partial charge in [-0.05, 0) is 48.7 Å². The Hall–Kier alpha value is -2.05. The van der Waals surface area contributed by atoms with Crippen LogP contribution in [0.25, 0.3) is 10.2 Å². The van der Waals surface area contributed by atoms with Crippen LogP contribution in [-0.4, -0.2) is 23.1 Å². The molecule has 3 rings (SSSR count). The van der Waals surface area contributed by atoms with Crippen LogP contribution < -0.4 is 10.6 Å². The van der Waals surface area contributed by atoms with Gasteiger partial charge < -0.3 is 10.6 Å². The molecule has 0 saturated heterocycles. The molecule has 2 heterocycles. The summed E-state index contributed by atoms with van der Waals surface area (Å²) in [7, 11) is 0. The lowest BCUT2D eigenvalue weighted by molar-refractivity contribution is 0.627. The van der Waals surface area contributed by atoms with Gasteiger partial charge in [0.15, 0.2) is 5.82 Å². The van der Waals surface area contributed by atoms with Gasteiger partial charge in [0.2, 0.25) is 0 Å². The second kappa shape index (κ2) is 6.15. The first-order valence-corrected chi connectivity index (χ1v) is 7.59. The predicted octanol–water partition coefficient (Wildman–Crippen LogP) is 3.32. The summed E-state index contributed by atoms with van der Waals surface area (Å²) >= 11 is 1.60. The molecule has 0 bridgehead atoms. The number of nitrogens with two attached hydrogens (primary N) is 1. The molecule has 0 unspecified atom stereocenters. The Labute approximate surface area is 126 Å². The van der Waals surface area contributed by atoms with Crippen molar-refractivity contribution in [3.63, 3.8) is 0 Å². The van der Waals surface area contributed by atoms with Gasteiger partial charge in [-0.15, -0.1) is 11.3 Å². The number of aromatic nitrogens is 2. The first-order valence-electron chi connectivity index (χ1n) is 6.71. The van der Waals surface area contributed by atoms with Crippen molar-refractivity contribution in [2.45, 2.75) is 6.42 Å². The molecule has 1 aromatic carbocycles. The summed E-state index contributed by atoms with van der Waals surface area (Å²) < 4.78 is 14.2. The highest BCUT2D eigenvalue weighted by molar-refractivity contribution is 7.17. The normalized spacial score (nSPS) is 11.0. The molecular weight excluding hydrogens is 287 g/mol. The maximum absolute atomic E-state index is 13.1. The van der Waals surface area contributed by atoms with Gasteiger partial charge >= 0.3 is 0 Å². The summed E-state index contributed by atoms with van der Waals surface area (Å²) in [5, 5.41) is 1.99. The zero-order valence-electron chi connectivity index (χ0n) is 11.4. The van der Waals surface area contributed by atoms with Gasteiger partial charge in [-0.3, -0.25) is 0 Å². The summed E-state index contributed by atoms with van der Waals surface area (Å²) in [4.78, 5) is 10.7. The molecule has 0 radical (unpaired) electrons. The summed E-state index contributed by atoms with van der Waals surface area (Å²) in [6, 6.07) is 8.40. The third-order valence-electron chi connectivity index (χ3n) is 3.20. The fourth-order valence-electron chi connectivity index (χ4n) is 2.20. The van der Waals surface area contributed by atoms with E-state index in [4.69, 9.17) is 5.73 Å². The molecule has 108 valence electrons. The van der Waals surface area contributed by atoms with Gasteiger partial charge in [-0.1, -0.05) is 0 Å². The second-order valence-corrected chi connectivity index (χ2v) is 5.52. The summed E-state index contributed by atoms with van der Waals surface area (Å²) in [5.41, 5.74) is 7.46. The van der Waals surface area contributed by atoms with E-state index >= 15 is 0 Å². The Kier molecular flexibility index (Phi) is 4.08.